The Balaban J connectivity index is 1.79. The van der Waals surface area contributed by atoms with Crippen molar-refractivity contribution in [2.75, 3.05) is 0 Å². The fraction of sp³-hybridized carbons (Fsp3) is 0.467. The Hall–Kier alpha value is -2.44. The van der Waals surface area contributed by atoms with Gasteiger partial charge in [0.2, 0.25) is 0 Å². The second-order valence-corrected chi connectivity index (χ2v) is 5.52. The Morgan fingerprint density at radius 3 is 2.73 bits per heavy atom. The normalized spacial score (nSPS) is 10.7. The SMILES string of the molecule is Cc1nccc(CNC(=O)NCc2nccn2CC(C)C)n1. The summed E-state index contributed by atoms with van der Waals surface area (Å²) < 4.78 is 2.05. The number of hydrogen-bond donors (Lipinski definition) is 2. The maximum absolute atomic E-state index is 11.8. The standard InChI is InChI=1S/C15H22N6O/c1-11(2)10-21-7-6-17-14(21)9-19-15(22)18-8-13-4-5-16-12(3)20-13/h4-7,11H,8-10H2,1-3H3,(H2,18,19,22). The highest BCUT2D eigenvalue weighted by Gasteiger charge is 2.07. The molecular formula is C15H22N6O. The minimum absolute atomic E-state index is 0.240. The van der Waals surface area contributed by atoms with Crippen molar-refractivity contribution < 1.29 is 4.79 Å². The van der Waals surface area contributed by atoms with Gasteiger partial charge in [0.25, 0.3) is 0 Å². The summed E-state index contributed by atoms with van der Waals surface area (Å²) in [6, 6.07) is 1.54. The van der Waals surface area contributed by atoms with Gasteiger partial charge >= 0.3 is 6.03 Å². The summed E-state index contributed by atoms with van der Waals surface area (Å²) in [6.45, 7) is 7.77. The number of urea groups is 1. The van der Waals surface area contributed by atoms with Gasteiger partial charge in [-0.25, -0.2) is 19.7 Å². The maximum Gasteiger partial charge on any atom is 0.315 e. The Bertz CT molecular complexity index is 622. The minimum Gasteiger partial charge on any atom is -0.333 e. The van der Waals surface area contributed by atoms with E-state index < -0.39 is 0 Å². The minimum atomic E-state index is -0.240. The molecule has 7 heteroatoms. The van der Waals surface area contributed by atoms with Gasteiger partial charge in [0, 0.05) is 25.1 Å². The Labute approximate surface area is 130 Å². The molecule has 2 rings (SSSR count). The molecule has 2 heterocycles. The summed E-state index contributed by atoms with van der Waals surface area (Å²) >= 11 is 0. The molecule has 0 saturated heterocycles. The van der Waals surface area contributed by atoms with Crippen molar-refractivity contribution in [3.05, 3.63) is 42.0 Å². The number of carbonyl (C=O) groups excluding carboxylic acids is 1. The van der Waals surface area contributed by atoms with E-state index in [2.05, 4.69) is 44.0 Å². The summed E-state index contributed by atoms with van der Waals surface area (Å²) in [5, 5.41) is 5.58. The van der Waals surface area contributed by atoms with E-state index in [1.54, 1.807) is 18.5 Å². The Kier molecular flexibility index (Phi) is 5.46. The molecule has 0 fully saturated rings. The number of hydrogen-bond acceptors (Lipinski definition) is 4. The van der Waals surface area contributed by atoms with Crippen LogP contribution in [0.2, 0.25) is 0 Å². The first-order valence-electron chi connectivity index (χ1n) is 7.35. The van der Waals surface area contributed by atoms with Gasteiger partial charge in [0.05, 0.1) is 18.8 Å². The van der Waals surface area contributed by atoms with Gasteiger partial charge in [0.15, 0.2) is 0 Å². The summed E-state index contributed by atoms with van der Waals surface area (Å²) in [4.78, 5) is 24.3. The van der Waals surface area contributed by atoms with Crippen molar-refractivity contribution >= 4 is 6.03 Å². The van der Waals surface area contributed by atoms with Gasteiger partial charge < -0.3 is 15.2 Å². The molecule has 0 aliphatic rings. The molecule has 0 aliphatic carbocycles. The van der Waals surface area contributed by atoms with E-state index in [1.165, 1.54) is 0 Å². The predicted molar refractivity (Wildman–Crippen MR) is 82.9 cm³/mol. The highest BCUT2D eigenvalue weighted by atomic mass is 16.2. The third-order valence-electron chi connectivity index (χ3n) is 3.03. The van der Waals surface area contributed by atoms with Crippen molar-refractivity contribution in [3.63, 3.8) is 0 Å². The molecule has 2 aromatic rings. The summed E-state index contributed by atoms with van der Waals surface area (Å²) in [7, 11) is 0. The smallest absolute Gasteiger partial charge is 0.315 e. The second-order valence-electron chi connectivity index (χ2n) is 5.52. The molecule has 0 unspecified atom stereocenters. The topological polar surface area (TPSA) is 84.7 Å². The van der Waals surface area contributed by atoms with Crippen LogP contribution in [0.5, 0.6) is 0 Å². The maximum atomic E-state index is 11.8. The summed E-state index contributed by atoms with van der Waals surface area (Å²) in [6.07, 6.45) is 5.36. The molecule has 0 aliphatic heterocycles. The zero-order valence-electron chi connectivity index (χ0n) is 13.2. The molecule has 0 spiro atoms. The van der Waals surface area contributed by atoms with Crippen LogP contribution in [0, 0.1) is 12.8 Å². The van der Waals surface area contributed by atoms with Gasteiger partial charge in [-0.15, -0.1) is 0 Å². The zero-order valence-corrected chi connectivity index (χ0v) is 13.2. The summed E-state index contributed by atoms with van der Waals surface area (Å²) in [5.74, 6) is 2.07. The number of rotatable bonds is 6. The lowest BCUT2D eigenvalue weighted by Crippen LogP contribution is -2.35. The Morgan fingerprint density at radius 2 is 2.00 bits per heavy atom. The first-order chi connectivity index (χ1) is 10.5. The van der Waals surface area contributed by atoms with Crippen molar-refractivity contribution in [1.29, 1.82) is 0 Å². The fourth-order valence-corrected chi connectivity index (χ4v) is 2.06. The Morgan fingerprint density at radius 1 is 1.23 bits per heavy atom. The van der Waals surface area contributed by atoms with Gasteiger partial charge in [-0.3, -0.25) is 0 Å². The lowest BCUT2D eigenvalue weighted by atomic mass is 10.2. The number of nitrogens with one attached hydrogen (secondary N) is 2. The molecule has 0 bridgehead atoms. The van der Waals surface area contributed by atoms with Gasteiger partial charge in [-0.05, 0) is 18.9 Å². The molecule has 2 aromatic heterocycles. The van der Waals surface area contributed by atoms with E-state index in [0.29, 0.717) is 24.8 Å². The van der Waals surface area contributed by atoms with E-state index in [1.807, 2.05) is 13.1 Å². The monoisotopic (exact) mass is 302 g/mol. The van der Waals surface area contributed by atoms with Gasteiger partial charge in [0.1, 0.15) is 11.6 Å². The number of carbonyl (C=O) groups is 1. The van der Waals surface area contributed by atoms with Crippen LogP contribution in [-0.2, 0) is 19.6 Å². The number of imidazole rings is 1. The van der Waals surface area contributed by atoms with E-state index in [0.717, 1.165) is 18.1 Å². The molecule has 7 nitrogen and oxygen atoms in total. The molecule has 0 radical (unpaired) electrons. The molecule has 0 saturated carbocycles. The van der Waals surface area contributed by atoms with Crippen LogP contribution in [0.1, 0.15) is 31.2 Å². The van der Waals surface area contributed by atoms with Crippen molar-refractivity contribution in [2.24, 2.45) is 5.92 Å². The fourth-order valence-electron chi connectivity index (χ4n) is 2.06. The van der Waals surface area contributed by atoms with Crippen LogP contribution in [0.25, 0.3) is 0 Å². The second kappa shape index (κ2) is 7.53. The number of amides is 2. The molecule has 2 N–H and O–H groups in total. The lowest BCUT2D eigenvalue weighted by Gasteiger charge is -2.11. The van der Waals surface area contributed by atoms with Crippen molar-refractivity contribution in [2.45, 2.75) is 40.4 Å². The van der Waals surface area contributed by atoms with E-state index in [4.69, 9.17) is 0 Å². The molecule has 0 aromatic carbocycles. The number of aromatic nitrogens is 4. The van der Waals surface area contributed by atoms with E-state index in [-0.39, 0.29) is 6.03 Å². The first-order valence-corrected chi connectivity index (χ1v) is 7.35. The van der Waals surface area contributed by atoms with Crippen molar-refractivity contribution in [1.82, 2.24) is 30.2 Å². The molecule has 22 heavy (non-hydrogen) atoms. The zero-order chi connectivity index (χ0) is 15.9. The molecular weight excluding hydrogens is 280 g/mol. The quantitative estimate of drug-likeness (QED) is 0.849. The van der Waals surface area contributed by atoms with Crippen LogP contribution in [0.3, 0.4) is 0 Å². The van der Waals surface area contributed by atoms with Crippen molar-refractivity contribution in [3.8, 4) is 0 Å². The average Bonchev–Trinajstić information content (AvgIpc) is 2.89. The van der Waals surface area contributed by atoms with Gasteiger partial charge in [-0.1, -0.05) is 13.8 Å². The molecule has 2 amide bonds. The summed E-state index contributed by atoms with van der Waals surface area (Å²) in [5.41, 5.74) is 0.781. The van der Waals surface area contributed by atoms with E-state index >= 15 is 0 Å². The van der Waals surface area contributed by atoms with Gasteiger partial charge in [-0.2, -0.15) is 0 Å². The third-order valence-corrected chi connectivity index (χ3v) is 3.03. The highest BCUT2D eigenvalue weighted by molar-refractivity contribution is 5.73. The molecule has 0 atom stereocenters. The number of nitrogens with zero attached hydrogens (tertiary/aromatic N) is 4. The highest BCUT2D eigenvalue weighted by Crippen LogP contribution is 2.03. The van der Waals surface area contributed by atoms with Crippen LogP contribution in [0.4, 0.5) is 4.79 Å². The third kappa shape index (κ3) is 4.83. The van der Waals surface area contributed by atoms with Crippen LogP contribution in [0.15, 0.2) is 24.7 Å². The lowest BCUT2D eigenvalue weighted by molar-refractivity contribution is 0.239. The number of aryl methyl sites for hydroxylation is 1. The van der Waals surface area contributed by atoms with E-state index in [9.17, 15) is 4.79 Å². The van der Waals surface area contributed by atoms with Crippen LogP contribution < -0.4 is 10.6 Å². The average molecular weight is 302 g/mol. The predicted octanol–water partition coefficient (Wildman–Crippen LogP) is 1.64. The van der Waals surface area contributed by atoms with Crippen LogP contribution in [-0.4, -0.2) is 25.6 Å². The van der Waals surface area contributed by atoms with Crippen LogP contribution >= 0.6 is 0 Å². The molecule has 118 valence electrons. The largest absolute Gasteiger partial charge is 0.333 e. The first kappa shape index (κ1) is 15.9.